The summed E-state index contributed by atoms with van der Waals surface area (Å²) in [4.78, 5) is 8.42. The van der Waals surface area contributed by atoms with Crippen LogP contribution >= 0.6 is 0 Å². The van der Waals surface area contributed by atoms with Crippen molar-refractivity contribution in [1.29, 1.82) is 0 Å². The van der Waals surface area contributed by atoms with Gasteiger partial charge in [-0.25, -0.2) is 9.97 Å². The fourth-order valence-electron chi connectivity index (χ4n) is 1.45. The van der Waals surface area contributed by atoms with E-state index >= 15 is 0 Å². The average Bonchev–Trinajstić information content (AvgIpc) is 2.98. The zero-order valence-corrected chi connectivity index (χ0v) is 9.33. The van der Waals surface area contributed by atoms with Crippen molar-refractivity contribution in [2.45, 2.75) is 32.7 Å². The molecular formula is C12H17N3. The molecule has 1 saturated carbocycles. The van der Waals surface area contributed by atoms with Gasteiger partial charge in [0.15, 0.2) is 0 Å². The van der Waals surface area contributed by atoms with Crippen LogP contribution in [0.3, 0.4) is 0 Å². The molecule has 0 amide bonds. The second-order valence-electron chi connectivity index (χ2n) is 4.17. The molecule has 3 nitrogen and oxygen atoms in total. The van der Waals surface area contributed by atoms with Crippen molar-refractivity contribution < 1.29 is 0 Å². The number of aryl methyl sites for hydroxylation is 1. The van der Waals surface area contributed by atoms with Gasteiger partial charge in [-0.15, -0.1) is 0 Å². The summed E-state index contributed by atoms with van der Waals surface area (Å²) in [6.07, 6.45) is 6.58. The topological polar surface area (TPSA) is 37.8 Å². The molecule has 1 aromatic heterocycles. The molecule has 2 rings (SSSR count). The summed E-state index contributed by atoms with van der Waals surface area (Å²) in [5, 5.41) is 3.48. The van der Waals surface area contributed by atoms with Crippen molar-refractivity contribution in [2.24, 2.45) is 0 Å². The van der Waals surface area contributed by atoms with Crippen LogP contribution in [0.5, 0.6) is 0 Å². The van der Waals surface area contributed by atoms with Crippen molar-refractivity contribution >= 4 is 6.08 Å². The third-order valence-electron chi connectivity index (χ3n) is 2.44. The summed E-state index contributed by atoms with van der Waals surface area (Å²) in [6.45, 7) is 5.01. The zero-order chi connectivity index (χ0) is 10.7. The molecule has 0 bridgehead atoms. The molecule has 0 saturated heterocycles. The lowest BCUT2D eigenvalue weighted by Gasteiger charge is -2.02. The predicted molar refractivity (Wildman–Crippen MR) is 61.4 cm³/mol. The Morgan fingerprint density at radius 1 is 1.60 bits per heavy atom. The van der Waals surface area contributed by atoms with E-state index in [1.165, 1.54) is 18.4 Å². The third-order valence-corrected chi connectivity index (χ3v) is 2.44. The molecule has 1 fully saturated rings. The first-order chi connectivity index (χ1) is 7.24. The van der Waals surface area contributed by atoms with E-state index in [0.717, 1.165) is 24.1 Å². The second-order valence-corrected chi connectivity index (χ2v) is 4.17. The standard InChI is InChI=1S/C12H17N3/c1-9(8-14-11-3-4-11)7-12-5-6-13-10(2)15-12/h5-7,11,14H,3-4,8H2,1-2H3/b9-7-. The lowest BCUT2D eigenvalue weighted by molar-refractivity contribution is 0.735. The SMILES string of the molecule is C/C(=C/c1ccnc(C)n1)CNC1CC1. The van der Waals surface area contributed by atoms with Crippen LogP contribution in [0.2, 0.25) is 0 Å². The summed E-state index contributed by atoms with van der Waals surface area (Å²) < 4.78 is 0. The van der Waals surface area contributed by atoms with Crippen LogP contribution in [0.15, 0.2) is 17.8 Å². The first-order valence-corrected chi connectivity index (χ1v) is 5.44. The van der Waals surface area contributed by atoms with Crippen molar-refractivity contribution in [3.63, 3.8) is 0 Å². The van der Waals surface area contributed by atoms with Crippen molar-refractivity contribution in [3.8, 4) is 0 Å². The van der Waals surface area contributed by atoms with E-state index in [0.29, 0.717) is 0 Å². The van der Waals surface area contributed by atoms with Crippen LogP contribution in [-0.2, 0) is 0 Å². The highest BCUT2D eigenvalue weighted by atomic mass is 14.9. The minimum absolute atomic E-state index is 0.764. The second kappa shape index (κ2) is 4.53. The molecule has 15 heavy (non-hydrogen) atoms. The molecule has 0 atom stereocenters. The van der Waals surface area contributed by atoms with Crippen LogP contribution < -0.4 is 5.32 Å². The van der Waals surface area contributed by atoms with E-state index < -0.39 is 0 Å². The molecule has 1 aliphatic carbocycles. The minimum Gasteiger partial charge on any atom is -0.310 e. The molecule has 0 unspecified atom stereocenters. The Kier molecular flexibility index (Phi) is 3.11. The first kappa shape index (κ1) is 10.3. The molecule has 0 aliphatic heterocycles. The molecule has 0 radical (unpaired) electrons. The van der Waals surface area contributed by atoms with Gasteiger partial charge in [0.1, 0.15) is 5.82 Å². The molecule has 0 spiro atoms. The van der Waals surface area contributed by atoms with E-state index in [1.807, 2.05) is 13.0 Å². The Bertz CT molecular complexity index is 367. The van der Waals surface area contributed by atoms with Crippen LogP contribution in [0.1, 0.15) is 31.3 Å². The highest BCUT2D eigenvalue weighted by molar-refractivity contribution is 5.48. The van der Waals surface area contributed by atoms with E-state index in [9.17, 15) is 0 Å². The Morgan fingerprint density at radius 2 is 2.40 bits per heavy atom. The molecule has 1 aliphatic rings. The fraction of sp³-hybridized carbons (Fsp3) is 0.500. The van der Waals surface area contributed by atoms with Gasteiger partial charge in [0.05, 0.1) is 5.69 Å². The normalized spacial score (nSPS) is 16.8. The summed E-state index contributed by atoms with van der Waals surface area (Å²) in [5.74, 6) is 0.826. The van der Waals surface area contributed by atoms with Gasteiger partial charge in [-0.1, -0.05) is 5.57 Å². The molecule has 3 heteroatoms. The van der Waals surface area contributed by atoms with Gasteiger partial charge in [-0.3, -0.25) is 0 Å². The van der Waals surface area contributed by atoms with Gasteiger partial charge in [0.25, 0.3) is 0 Å². The van der Waals surface area contributed by atoms with E-state index in [4.69, 9.17) is 0 Å². The number of nitrogens with one attached hydrogen (secondary N) is 1. The Morgan fingerprint density at radius 3 is 3.07 bits per heavy atom. The summed E-state index contributed by atoms with van der Waals surface area (Å²) in [7, 11) is 0. The maximum Gasteiger partial charge on any atom is 0.125 e. The predicted octanol–water partition coefficient (Wildman–Crippen LogP) is 1.94. The van der Waals surface area contributed by atoms with E-state index in [2.05, 4.69) is 28.3 Å². The van der Waals surface area contributed by atoms with E-state index in [-0.39, 0.29) is 0 Å². The fourth-order valence-corrected chi connectivity index (χ4v) is 1.45. The van der Waals surface area contributed by atoms with Crippen molar-refractivity contribution in [1.82, 2.24) is 15.3 Å². The third kappa shape index (κ3) is 3.44. The summed E-state index contributed by atoms with van der Waals surface area (Å²) >= 11 is 0. The number of nitrogens with zero attached hydrogens (tertiary/aromatic N) is 2. The largest absolute Gasteiger partial charge is 0.310 e. The highest BCUT2D eigenvalue weighted by Gasteiger charge is 2.19. The van der Waals surface area contributed by atoms with Gasteiger partial charge in [-0.2, -0.15) is 0 Å². The molecular weight excluding hydrogens is 186 g/mol. The molecule has 1 aromatic rings. The number of aromatic nitrogens is 2. The monoisotopic (exact) mass is 203 g/mol. The molecule has 80 valence electrons. The van der Waals surface area contributed by atoms with Gasteiger partial charge < -0.3 is 5.32 Å². The number of hydrogen-bond acceptors (Lipinski definition) is 3. The van der Waals surface area contributed by atoms with Crippen LogP contribution in [0, 0.1) is 6.92 Å². The van der Waals surface area contributed by atoms with Gasteiger partial charge in [0, 0.05) is 18.8 Å². The number of hydrogen-bond donors (Lipinski definition) is 1. The van der Waals surface area contributed by atoms with Crippen LogP contribution in [-0.4, -0.2) is 22.6 Å². The molecule has 0 aromatic carbocycles. The minimum atomic E-state index is 0.764. The van der Waals surface area contributed by atoms with Crippen molar-refractivity contribution in [2.75, 3.05) is 6.54 Å². The highest BCUT2D eigenvalue weighted by Crippen LogP contribution is 2.18. The number of rotatable bonds is 4. The lowest BCUT2D eigenvalue weighted by Crippen LogP contribution is -2.18. The van der Waals surface area contributed by atoms with Gasteiger partial charge in [0.2, 0.25) is 0 Å². The Balaban J connectivity index is 1.94. The van der Waals surface area contributed by atoms with Gasteiger partial charge >= 0.3 is 0 Å². The van der Waals surface area contributed by atoms with E-state index in [1.54, 1.807) is 6.20 Å². The molecule has 1 N–H and O–H groups in total. The Labute approximate surface area is 90.6 Å². The Hall–Kier alpha value is -1.22. The maximum atomic E-state index is 4.34. The summed E-state index contributed by atoms with van der Waals surface area (Å²) in [5.41, 5.74) is 2.32. The molecule has 1 heterocycles. The van der Waals surface area contributed by atoms with Crippen LogP contribution in [0.25, 0.3) is 6.08 Å². The summed E-state index contributed by atoms with van der Waals surface area (Å²) in [6, 6.07) is 2.70. The first-order valence-electron chi connectivity index (χ1n) is 5.44. The average molecular weight is 203 g/mol. The zero-order valence-electron chi connectivity index (χ0n) is 9.33. The quantitative estimate of drug-likeness (QED) is 0.812. The maximum absolute atomic E-state index is 4.34. The lowest BCUT2D eigenvalue weighted by atomic mass is 10.2. The van der Waals surface area contributed by atoms with Crippen molar-refractivity contribution in [3.05, 3.63) is 29.4 Å². The smallest absolute Gasteiger partial charge is 0.125 e. The van der Waals surface area contributed by atoms with Crippen LogP contribution in [0.4, 0.5) is 0 Å². The van der Waals surface area contributed by atoms with Gasteiger partial charge in [-0.05, 0) is 38.8 Å².